The Bertz CT molecular complexity index is 974. The number of halogens is 3. The van der Waals surface area contributed by atoms with E-state index in [9.17, 15) is 9.59 Å². The molecule has 1 saturated heterocycles. The SMILES string of the molecule is N#Cc1ccc(Oc2cc(CBr)cc(CBr)c2)cc1C#N.O=C1CCC(=O)N1Br. The number of amides is 2. The molecular weight excluding hydrogens is 570 g/mol. The summed E-state index contributed by atoms with van der Waals surface area (Å²) in [4.78, 5) is 20.9. The van der Waals surface area contributed by atoms with Gasteiger partial charge in [0.2, 0.25) is 11.8 Å². The number of carbonyl (C=O) groups is 2. The zero-order chi connectivity index (χ0) is 21.4. The maximum atomic E-state index is 10.4. The summed E-state index contributed by atoms with van der Waals surface area (Å²) < 4.78 is 6.78. The fourth-order valence-electron chi connectivity index (χ4n) is 2.40. The Morgan fingerprint density at radius 3 is 1.83 bits per heavy atom. The number of carbonyl (C=O) groups excluding carboxylic acids is 2. The second kappa shape index (κ2) is 11.1. The Morgan fingerprint density at radius 2 is 1.41 bits per heavy atom. The highest BCUT2D eigenvalue weighted by molar-refractivity contribution is 9.09. The minimum absolute atomic E-state index is 0.144. The second-order valence-electron chi connectivity index (χ2n) is 5.85. The van der Waals surface area contributed by atoms with E-state index < -0.39 is 0 Å². The molecule has 2 aromatic carbocycles. The lowest BCUT2D eigenvalue weighted by molar-refractivity contribution is -0.131. The van der Waals surface area contributed by atoms with Crippen LogP contribution >= 0.6 is 48.0 Å². The molecule has 9 heteroatoms. The number of imide groups is 1. The Balaban J connectivity index is 0.000000313. The molecule has 2 aromatic rings. The van der Waals surface area contributed by atoms with Crippen LogP contribution in [0.4, 0.5) is 0 Å². The van der Waals surface area contributed by atoms with Gasteiger partial charge in [0, 0.05) is 23.5 Å². The van der Waals surface area contributed by atoms with Crippen LogP contribution < -0.4 is 4.74 Å². The standard InChI is InChI=1S/C16H10Br2N2O.C4H4BrNO2/c17-7-11-3-12(8-18)5-16(4-11)21-15-2-1-13(9-19)14(6-15)10-20;5-6-3(7)1-2-4(6)8/h1-6H,7-8H2;1-2H2. The zero-order valence-electron chi connectivity index (χ0n) is 15.0. The monoisotopic (exact) mass is 581 g/mol. The highest BCUT2D eigenvalue weighted by Gasteiger charge is 2.26. The van der Waals surface area contributed by atoms with E-state index in [2.05, 4.69) is 54.1 Å². The quantitative estimate of drug-likeness (QED) is 0.271. The van der Waals surface area contributed by atoms with E-state index in [1.807, 2.05) is 24.3 Å². The number of nitrogens with zero attached hydrogens (tertiary/aromatic N) is 3. The lowest BCUT2D eigenvalue weighted by Crippen LogP contribution is -2.16. The van der Waals surface area contributed by atoms with Gasteiger partial charge in [0.1, 0.15) is 23.6 Å². The molecule has 148 valence electrons. The van der Waals surface area contributed by atoms with Gasteiger partial charge in [-0.3, -0.25) is 9.59 Å². The van der Waals surface area contributed by atoms with Gasteiger partial charge in [0.05, 0.1) is 27.3 Å². The molecule has 0 radical (unpaired) electrons. The van der Waals surface area contributed by atoms with Gasteiger partial charge < -0.3 is 4.74 Å². The van der Waals surface area contributed by atoms with E-state index in [0.29, 0.717) is 35.5 Å². The number of rotatable bonds is 4. The smallest absolute Gasteiger partial charge is 0.239 e. The van der Waals surface area contributed by atoms with Gasteiger partial charge in [-0.25, -0.2) is 3.93 Å². The summed E-state index contributed by atoms with van der Waals surface area (Å²) in [6.45, 7) is 0. The molecule has 1 aliphatic heterocycles. The van der Waals surface area contributed by atoms with E-state index in [1.165, 1.54) is 0 Å². The number of hydrogen-bond acceptors (Lipinski definition) is 5. The summed E-state index contributed by atoms with van der Waals surface area (Å²) in [5.74, 6) is 0.956. The van der Waals surface area contributed by atoms with Gasteiger partial charge in [0.25, 0.3) is 0 Å². The molecule has 2 amide bonds. The maximum Gasteiger partial charge on any atom is 0.239 e. The van der Waals surface area contributed by atoms with Crippen molar-refractivity contribution in [2.75, 3.05) is 0 Å². The molecule has 0 N–H and O–H groups in total. The Labute approximate surface area is 193 Å². The molecular formula is C20H14Br3N3O3. The third kappa shape index (κ3) is 6.40. The summed E-state index contributed by atoms with van der Waals surface area (Å²) in [6, 6.07) is 14.8. The molecule has 1 heterocycles. The second-order valence-corrected chi connectivity index (χ2v) is 7.68. The largest absolute Gasteiger partial charge is 0.457 e. The molecule has 3 rings (SSSR count). The number of benzene rings is 2. The molecule has 29 heavy (non-hydrogen) atoms. The average Bonchev–Trinajstić information content (AvgIpc) is 3.04. The third-order valence-electron chi connectivity index (χ3n) is 3.79. The molecule has 0 saturated carbocycles. The number of ether oxygens (including phenoxy) is 1. The van der Waals surface area contributed by atoms with E-state index in [4.69, 9.17) is 15.3 Å². The van der Waals surface area contributed by atoms with Crippen LogP contribution in [0.3, 0.4) is 0 Å². The lowest BCUT2D eigenvalue weighted by atomic mass is 10.1. The molecule has 0 atom stereocenters. The predicted molar refractivity (Wildman–Crippen MR) is 118 cm³/mol. The first-order chi connectivity index (χ1) is 13.9. The first-order valence-electron chi connectivity index (χ1n) is 8.30. The van der Waals surface area contributed by atoms with Crippen LogP contribution in [0.5, 0.6) is 11.5 Å². The van der Waals surface area contributed by atoms with Crippen molar-refractivity contribution in [3.8, 4) is 23.6 Å². The number of hydrogen-bond donors (Lipinski definition) is 0. The summed E-state index contributed by atoms with van der Waals surface area (Å²) >= 11 is 9.67. The van der Waals surface area contributed by atoms with Gasteiger partial charge in [-0.2, -0.15) is 10.5 Å². The average molecular weight is 584 g/mol. The summed E-state index contributed by atoms with van der Waals surface area (Å²) in [6.07, 6.45) is 0.703. The Kier molecular flexibility index (Phi) is 8.84. The minimum Gasteiger partial charge on any atom is -0.457 e. The van der Waals surface area contributed by atoms with Crippen molar-refractivity contribution in [1.82, 2.24) is 3.93 Å². The van der Waals surface area contributed by atoms with Crippen molar-refractivity contribution in [2.24, 2.45) is 0 Å². The van der Waals surface area contributed by atoms with Crippen LogP contribution in [0.15, 0.2) is 36.4 Å². The van der Waals surface area contributed by atoms with Crippen LogP contribution in [0.25, 0.3) is 0 Å². The van der Waals surface area contributed by atoms with Gasteiger partial charge in [-0.1, -0.05) is 37.9 Å². The summed E-state index contributed by atoms with van der Waals surface area (Å²) in [5.41, 5.74) is 2.87. The van der Waals surface area contributed by atoms with Gasteiger partial charge in [0.15, 0.2) is 0 Å². The molecule has 1 aliphatic rings. The van der Waals surface area contributed by atoms with Crippen molar-refractivity contribution in [1.29, 1.82) is 10.5 Å². The first-order valence-corrected chi connectivity index (χ1v) is 11.3. The zero-order valence-corrected chi connectivity index (χ0v) is 19.8. The highest BCUT2D eigenvalue weighted by Crippen LogP contribution is 2.27. The number of alkyl halides is 2. The Morgan fingerprint density at radius 1 is 0.862 bits per heavy atom. The van der Waals surface area contributed by atoms with Crippen LogP contribution in [-0.4, -0.2) is 15.7 Å². The molecule has 6 nitrogen and oxygen atoms in total. The third-order valence-corrected chi connectivity index (χ3v) is 5.88. The molecule has 0 bridgehead atoms. The van der Waals surface area contributed by atoms with E-state index >= 15 is 0 Å². The predicted octanol–water partition coefficient (Wildman–Crippen LogP) is 5.46. The van der Waals surface area contributed by atoms with Crippen LogP contribution in [0.2, 0.25) is 0 Å². The highest BCUT2D eigenvalue weighted by atomic mass is 79.9. The molecule has 0 aromatic heterocycles. The molecule has 0 spiro atoms. The summed E-state index contributed by atoms with van der Waals surface area (Å²) in [7, 11) is 0. The van der Waals surface area contributed by atoms with Crippen LogP contribution in [0.1, 0.15) is 35.1 Å². The van der Waals surface area contributed by atoms with E-state index in [-0.39, 0.29) is 11.8 Å². The number of nitriles is 2. The van der Waals surface area contributed by atoms with Gasteiger partial charge in [-0.05, 0) is 41.5 Å². The van der Waals surface area contributed by atoms with E-state index in [1.54, 1.807) is 18.2 Å². The maximum absolute atomic E-state index is 10.4. The van der Waals surface area contributed by atoms with Crippen molar-refractivity contribution in [3.05, 3.63) is 58.7 Å². The van der Waals surface area contributed by atoms with Crippen molar-refractivity contribution in [2.45, 2.75) is 23.5 Å². The summed E-state index contributed by atoms with van der Waals surface area (Å²) in [5, 5.41) is 19.4. The van der Waals surface area contributed by atoms with Crippen LogP contribution in [-0.2, 0) is 20.2 Å². The van der Waals surface area contributed by atoms with Crippen molar-refractivity contribution < 1.29 is 14.3 Å². The fourth-order valence-corrected chi connectivity index (χ4v) is 3.41. The first kappa shape index (κ1) is 23.1. The fraction of sp³-hybridized carbons (Fsp3) is 0.200. The van der Waals surface area contributed by atoms with E-state index in [0.717, 1.165) is 25.7 Å². The molecule has 0 unspecified atom stereocenters. The van der Waals surface area contributed by atoms with Crippen molar-refractivity contribution >= 4 is 59.8 Å². The normalized spacial score (nSPS) is 12.7. The van der Waals surface area contributed by atoms with Gasteiger partial charge >= 0.3 is 0 Å². The van der Waals surface area contributed by atoms with Crippen molar-refractivity contribution in [3.63, 3.8) is 0 Å². The van der Waals surface area contributed by atoms with Gasteiger partial charge in [-0.15, -0.1) is 0 Å². The van der Waals surface area contributed by atoms with Crippen LogP contribution in [0, 0.1) is 22.7 Å². The topological polar surface area (TPSA) is 94.2 Å². The Hall–Kier alpha value is -2.20. The molecule has 0 aliphatic carbocycles. The minimum atomic E-state index is -0.144. The molecule has 1 fully saturated rings. The lowest BCUT2D eigenvalue weighted by Gasteiger charge is -2.09.